The highest BCUT2D eigenvalue weighted by molar-refractivity contribution is 6.30. The van der Waals surface area contributed by atoms with Gasteiger partial charge < -0.3 is 21.4 Å². The number of hydrogen-bond acceptors (Lipinski definition) is 4. The predicted octanol–water partition coefficient (Wildman–Crippen LogP) is 4.80. The molecule has 7 heteroatoms. The van der Waals surface area contributed by atoms with Crippen molar-refractivity contribution in [2.75, 3.05) is 18.1 Å². The van der Waals surface area contributed by atoms with E-state index >= 15 is 0 Å². The number of carbonyl (C=O) groups excluding carboxylic acids is 2. The largest absolute Gasteiger partial charge is 0.398 e. The Labute approximate surface area is 182 Å². The van der Waals surface area contributed by atoms with E-state index in [-0.39, 0.29) is 11.8 Å². The fourth-order valence-electron chi connectivity index (χ4n) is 3.27. The molecule has 2 aromatic carbocycles. The second-order valence-corrected chi connectivity index (χ2v) is 7.66. The van der Waals surface area contributed by atoms with E-state index < -0.39 is 0 Å². The summed E-state index contributed by atoms with van der Waals surface area (Å²) in [5, 5.41) is 10.6. The first-order valence-electron chi connectivity index (χ1n) is 9.50. The molecule has 1 heterocycles. The molecule has 3 rings (SSSR count). The van der Waals surface area contributed by atoms with E-state index in [1.165, 1.54) is 5.57 Å². The zero-order chi connectivity index (χ0) is 22.4. The number of rotatable bonds is 4. The van der Waals surface area contributed by atoms with Crippen LogP contribution in [0.15, 0.2) is 53.7 Å². The molecule has 2 aromatic rings. The Bertz CT molecular complexity index is 983. The van der Waals surface area contributed by atoms with Gasteiger partial charge >= 0.3 is 0 Å². The maximum Gasteiger partial charge on any atom is 0.227 e. The number of halogens is 1. The van der Waals surface area contributed by atoms with E-state index in [1.54, 1.807) is 30.0 Å². The van der Waals surface area contributed by atoms with Gasteiger partial charge in [-0.1, -0.05) is 23.7 Å². The number of carbonyl (C=O) groups is 2. The Morgan fingerprint density at radius 1 is 1.23 bits per heavy atom. The molecule has 0 fully saturated rings. The van der Waals surface area contributed by atoms with Crippen molar-refractivity contribution in [2.45, 2.75) is 33.1 Å². The number of nitrogens with one attached hydrogen (secondary N) is 2. The SMILES string of the molecule is CC(=N)c1cc(NC=O)ccc1N.CC1=C(C)N(C)C(=O)CC1c1ccc(Cl)cc1. The standard InChI is InChI=1S/C14H16ClNO.C9H11N3O/c1-9-10(2)16(3)14(17)8-13(9)11-4-6-12(15)7-5-11;1-6(10)8-4-7(12-5-13)2-3-9(8)11/h4-7,13H,8H2,1-3H3;2-5,10H,11H2,1H3,(H,12,13). The number of amides is 2. The van der Waals surface area contributed by atoms with E-state index in [2.05, 4.69) is 12.2 Å². The molecule has 4 N–H and O–H groups in total. The summed E-state index contributed by atoms with van der Waals surface area (Å²) in [5.41, 5.74) is 11.3. The van der Waals surface area contributed by atoms with E-state index in [1.807, 2.05) is 38.2 Å². The van der Waals surface area contributed by atoms with Crippen LogP contribution in [0, 0.1) is 5.41 Å². The Kier molecular flexibility index (Phi) is 7.78. The summed E-state index contributed by atoms with van der Waals surface area (Å²) in [7, 11) is 1.83. The van der Waals surface area contributed by atoms with E-state index in [0.29, 0.717) is 35.5 Å². The zero-order valence-electron chi connectivity index (χ0n) is 17.6. The van der Waals surface area contributed by atoms with Gasteiger partial charge in [-0.05, 0) is 62.2 Å². The monoisotopic (exact) mass is 426 g/mol. The van der Waals surface area contributed by atoms with Crippen molar-refractivity contribution < 1.29 is 9.59 Å². The van der Waals surface area contributed by atoms with Gasteiger partial charge in [-0.2, -0.15) is 0 Å². The first-order chi connectivity index (χ1) is 14.1. The second-order valence-electron chi connectivity index (χ2n) is 7.22. The number of benzene rings is 2. The lowest BCUT2D eigenvalue weighted by Gasteiger charge is -2.31. The number of allylic oxidation sites excluding steroid dienone is 2. The summed E-state index contributed by atoms with van der Waals surface area (Å²) in [6.45, 7) is 5.74. The number of nitrogens with two attached hydrogens (primary N) is 1. The second kappa shape index (κ2) is 10.1. The van der Waals surface area contributed by atoms with Crippen LogP contribution in [0.25, 0.3) is 0 Å². The van der Waals surface area contributed by atoms with Crippen LogP contribution >= 0.6 is 11.6 Å². The van der Waals surface area contributed by atoms with Crippen LogP contribution in [0.3, 0.4) is 0 Å². The third kappa shape index (κ3) is 5.48. The molecule has 30 heavy (non-hydrogen) atoms. The van der Waals surface area contributed by atoms with E-state index in [4.69, 9.17) is 22.7 Å². The number of anilines is 2. The van der Waals surface area contributed by atoms with Gasteiger partial charge in [0, 0.05) is 52.8 Å². The fourth-order valence-corrected chi connectivity index (χ4v) is 3.40. The molecule has 1 aliphatic heterocycles. The minimum absolute atomic E-state index is 0.174. The van der Waals surface area contributed by atoms with Crippen molar-refractivity contribution in [3.05, 3.63) is 69.9 Å². The normalized spacial score (nSPS) is 16.0. The molecular formula is C23H27ClN4O2. The summed E-state index contributed by atoms with van der Waals surface area (Å²) >= 11 is 5.88. The van der Waals surface area contributed by atoms with Crippen LogP contribution in [0.2, 0.25) is 5.02 Å². The summed E-state index contributed by atoms with van der Waals surface area (Å²) in [6.07, 6.45) is 1.13. The van der Waals surface area contributed by atoms with Crippen LogP contribution < -0.4 is 11.1 Å². The van der Waals surface area contributed by atoms with Crippen molar-refractivity contribution in [2.24, 2.45) is 0 Å². The first kappa shape index (κ1) is 23.2. The number of nitrogen functional groups attached to an aromatic ring is 1. The predicted molar refractivity (Wildman–Crippen MR) is 123 cm³/mol. The smallest absolute Gasteiger partial charge is 0.227 e. The van der Waals surface area contributed by atoms with Crippen LogP contribution in [-0.4, -0.2) is 30.0 Å². The molecule has 158 valence electrons. The number of hydrogen-bond donors (Lipinski definition) is 3. The highest BCUT2D eigenvalue weighted by atomic mass is 35.5. The molecule has 0 spiro atoms. The Morgan fingerprint density at radius 2 is 1.87 bits per heavy atom. The molecule has 0 bridgehead atoms. The Morgan fingerprint density at radius 3 is 2.43 bits per heavy atom. The minimum atomic E-state index is 0.174. The molecule has 0 saturated heterocycles. The van der Waals surface area contributed by atoms with Crippen LogP contribution in [0.5, 0.6) is 0 Å². The lowest BCUT2D eigenvalue weighted by molar-refractivity contribution is -0.129. The first-order valence-corrected chi connectivity index (χ1v) is 9.88. The fraction of sp³-hybridized carbons (Fsp3) is 0.261. The molecule has 1 atom stereocenters. The average Bonchev–Trinajstić information content (AvgIpc) is 2.72. The van der Waals surface area contributed by atoms with Crippen LogP contribution in [0.4, 0.5) is 11.4 Å². The maximum atomic E-state index is 11.9. The molecule has 2 amide bonds. The number of nitrogens with zero attached hydrogens (tertiary/aromatic N) is 1. The summed E-state index contributed by atoms with van der Waals surface area (Å²) in [5.74, 6) is 0.365. The average molecular weight is 427 g/mol. The molecule has 1 aliphatic rings. The molecule has 0 aromatic heterocycles. The highest BCUT2D eigenvalue weighted by Gasteiger charge is 2.28. The van der Waals surface area contributed by atoms with Crippen molar-refractivity contribution in [1.29, 1.82) is 5.41 Å². The molecule has 0 saturated carbocycles. The van der Waals surface area contributed by atoms with Crippen molar-refractivity contribution in [1.82, 2.24) is 4.90 Å². The summed E-state index contributed by atoms with van der Waals surface area (Å²) < 4.78 is 0. The Balaban J connectivity index is 0.000000222. The lowest BCUT2D eigenvalue weighted by atomic mass is 9.85. The molecule has 0 radical (unpaired) electrons. The van der Waals surface area contributed by atoms with Crippen molar-refractivity contribution >= 4 is 41.0 Å². The van der Waals surface area contributed by atoms with Crippen molar-refractivity contribution in [3.63, 3.8) is 0 Å². The quantitative estimate of drug-likeness (QED) is 0.371. The molecular weight excluding hydrogens is 400 g/mol. The third-order valence-electron chi connectivity index (χ3n) is 5.30. The van der Waals surface area contributed by atoms with E-state index in [9.17, 15) is 9.59 Å². The molecule has 1 unspecified atom stereocenters. The third-order valence-corrected chi connectivity index (χ3v) is 5.56. The lowest BCUT2D eigenvalue weighted by Crippen LogP contribution is -2.32. The van der Waals surface area contributed by atoms with Crippen LogP contribution in [0.1, 0.15) is 44.2 Å². The van der Waals surface area contributed by atoms with Gasteiger partial charge in [0.1, 0.15) is 0 Å². The summed E-state index contributed by atoms with van der Waals surface area (Å²) in [6, 6.07) is 12.8. The minimum Gasteiger partial charge on any atom is -0.398 e. The van der Waals surface area contributed by atoms with E-state index in [0.717, 1.165) is 16.3 Å². The zero-order valence-corrected chi connectivity index (χ0v) is 18.4. The van der Waals surface area contributed by atoms with Gasteiger partial charge in [0.15, 0.2) is 0 Å². The van der Waals surface area contributed by atoms with Gasteiger partial charge in [-0.25, -0.2) is 0 Å². The topological polar surface area (TPSA) is 99.3 Å². The van der Waals surface area contributed by atoms with Gasteiger partial charge in [0.2, 0.25) is 12.3 Å². The van der Waals surface area contributed by atoms with Crippen LogP contribution in [-0.2, 0) is 9.59 Å². The van der Waals surface area contributed by atoms with Crippen molar-refractivity contribution in [3.8, 4) is 0 Å². The van der Waals surface area contributed by atoms with Gasteiger partial charge in [-0.15, -0.1) is 0 Å². The molecule has 0 aliphatic carbocycles. The highest BCUT2D eigenvalue weighted by Crippen LogP contribution is 2.35. The Hall–Kier alpha value is -3.12. The maximum absolute atomic E-state index is 11.9. The summed E-state index contributed by atoms with van der Waals surface area (Å²) in [4.78, 5) is 23.7. The van der Waals surface area contributed by atoms with Gasteiger partial charge in [0.25, 0.3) is 0 Å². The van der Waals surface area contributed by atoms with Gasteiger partial charge in [-0.3, -0.25) is 9.59 Å². The molecule has 6 nitrogen and oxygen atoms in total. The van der Waals surface area contributed by atoms with Gasteiger partial charge in [0.05, 0.1) is 0 Å².